The number of hydrazine groups is 1. The maximum absolute atomic E-state index is 12.0. The largest absolute Gasteiger partial charge is 0.326 e. The van der Waals surface area contributed by atoms with Crippen molar-refractivity contribution in [3.8, 4) is 0 Å². The fourth-order valence-electron chi connectivity index (χ4n) is 1.72. The van der Waals surface area contributed by atoms with Gasteiger partial charge in [-0.3, -0.25) is 25.2 Å². The molecular formula is C16H22N4O3S. The highest BCUT2D eigenvalue weighted by molar-refractivity contribution is 7.80. The van der Waals surface area contributed by atoms with E-state index in [0.29, 0.717) is 24.1 Å². The molecule has 4 N–H and O–H groups in total. The molecule has 0 spiro atoms. The van der Waals surface area contributed by atoms with E-state index in [1.54, 1.807) is 31.2 Å². The molecule has 8 heteroatoms. The lowest BCUT2D eigenvalue weighted by Gasteiger charge is -2.11. The SMILES string of the molecule is CCC(=O)NC(=S)NNC(=O)c1ccc(NC(=O)CC(C)C)cc1. The second-order valence-corrected chi connectivity index (χ2v) is 5.94. The molecule has 130 valence electrons. The monoisotopic (exact) mass is 350 g/mol. The van der Waals surface area contributed by atoms with Crippen LogP contribution in [0.3, 0.4) is 0 Å². The second-order valence-electron chi connectivity index (χ2n) is 5.53. The molecule has 0 saturated heterocycles. The smallest absolute Gasteiger partial charge is 0.269 e. The Morgan fingerprint density at radius 1 is 1.04 bits per heavy atom. The Hall–Kier alpha value is -2.48. The van der Waals surface area contributed by atoms with Crippen molar-refractivity contribution >= 4 is 40.7 Å². The van der Waals surface area contributed by atoms with Gasteiger partial charge in [0.15, 0.2) is 5.11 Å². The summed E-state index contributed by atoms with van der Waals surface area (Å²) >= 11 is 4.86. The van der Waals surface area contributed by atoms with Gasteiger partial charge >= 0.3 is 0 Å². The number of nitrogens with one attached hydrogen (secondary N) is 4. The van der Waals surface area contributed by atoms with E-state index in [1.165, 1.54) is 0 Å². The van der Waals surface area contributed by atoms with Crippen molar-refractivity contribution in [3.05, 3.63) is 29.8 Å². The lowest BCUT2D eigenvalue weighted by molar-refractivity contribution is -0.119. The number of anilines is 1. The predicted molar refractivity (Wildman–Crippen MR) is 96.2 cm³/mol. The predicted octanol–water partition coefficient (Wildman–Crippen LogP) is 1.72. The van der Waals surface area contributed by atoms with E-state index in [4.69, 9.17) is 12.2 Å². The molecule has 0 aliphatic heterocycles. The number of carbonyl (C=O) groups is 3. The Bertz CT molecular complexity index is 614. The highest BCUT2D eigenvalue weighted by Crippen LogP contribution is 2.11. The molecule has 0 saturated carbocycles. The molecule has 1 aromatic rings. The van der Waals surface area contributed by atoms with Crippen LogP contribution in [-0.4, -0.2) is 22.8 Å². The molecular weight excluding hydrogens is 328 g/mol. The van der Waals surface area contributed by atoms with E-state index in [2.05, 4.69) is 21.5 Å². The fourth-order valence-corrected chi connectivity index (χ4v) is 1.88. The van der Waals surface area contributed by atoms with Gasteiger partial charge in [0.25, 0.3) is 5.91 Å². The minimum Gasteiger partial charge on any atom is -0.326 e. The average molecular weight is 350 g/mol. The molecule has 0 bridgehead atoms. The van der Waals surface area contributed by atoms with Gasteiger partial charge in [-0.25, -0.2) is 0 Å². The molecule has 7 nitrogen and oxygen atoms in total. The van der Waals surface area contributed by atoms with Crippen molar-refractivity contribution in [2.75, 3.05) is 5.32 Å². The van der Waals surface area contributed by atoms with Crippen molar-refractivity contribution < 1.29 is 14.4 Å². The average Bonchev–Trinajstić information content (AvgIpc) is 2.52. The molecule has 0 heterocycles. The van der Waals surface area contributed by atoms with Crippen molar-refractivity contribution in [1.82, 2.24) is 16.2 Å². The first-order valence-corrected chi connectivity index (χ1v) is 8.02. The van der Waals surface area contributed by atoms with Gasteiger partial charge in [-0.1, -0.05) is 20.8 Å². The number of benzene rings is 1. The van der Waals surface area contributed by atoms with Crippen molar-refractivity contribution in [3.63, 3.8) is 0 Å². The first-order chi connectivity index (χ1) is 11.3. The Morgan fingerprint density at radius 2 is 1.67 bits per heavy atom. The van der Waals surface area contributed by atoms with Crippen molar-refractivity contribution in [2.24, 2.45) is 5.92 Å². The zero-order valence-corrected chi connectivity index (χ0v) is 14.8. The van der Waals surface area contributed by atoms with Crippen LogP contribution in [0.25, 0.3) is 0 Å². The minimum absolute atomic E-state index is 0.0211. The number of hydrogen-bond acceptors (Lipinski definition) is 4. The van der Waals surface area contributed by atoms with Crippen LogP contribution < -0.4 is 21.5 Å². The lowest BCUT2D eigenvalue weighted by atomic mass is 10.1. The van der Waals surface area contributed by atoms with Crippen LogP contribution in [0.15, 0.2) is 24.3 Å². The molecule has 0 aliphatic rings. The maximum atomic E-state index is 12.0. The summed E-state index contributed by atoms with van der Waals surface area (Å²) in [5.41, 5.74) is 5.83. The summed E-state index contributed by atoms with van der Waals surface area (Å²) in [5, 5.41) is 5.19. The Balaban J connectivity index is 2.50. The summed E-state index contributed by atoms with van der Waals surface area (Å²) in [5.74, 6) is -0.453. The number of thiocarbonyl (C=S) groups is 1. The Morgan fingerprint density at radius 3 is 2.21 bits per heavy atom. The minimum atomic E-state index is -0.414. The fraction of sp³-hybridized carbons (Fsp3) is 0.375. The maximum Gasteiger partial charge on any atom is 0.269 e. The zero-order valence-electron chi connectivity index (χ0n) is 13.9. The van der Waals surface area contributed by atoms with Gasteiger partial charge in [0.2, 0.25) is 11.8 Å². The number of amides is 3. The topological polar surface area (TPSA) is 99.3 Å². The van der Waals surface area contributed by atoms with Crippen LogP contribution >= 0.6 is 12.2 Å². The van der Waals surface area contributed by atoms with Crippen LogP contribution in [0.4, 0.5) is 5.69 Å². The summed E-state index contributed by atoms with van der Waals surface area (Å²) < 4.78 is 0. The van der Waals surface area contributed by atoms with Crippen LogP contribution in [0, 0.1) is 5.92 Å². The van der Waals surface area contributed by atoms with Gasteiger partial charge in [-0.05, 0) is 42.4 Å². The third-order valence-electron chi connectivity index (χ3n) is 2.89. The molecule has 0 aromatic heterocycles. The van der Waals surface area contributed by atoms with Crippen LogP contribution in [-0.2, 0) is 9.59 Å². The molecule has 0 radical (unpaired) electrons. The van der Waals surface area contributed by atoms with Gasteiger partial charge in [0, 0.05) is 24.1 Å². The molecule has 0 fully saturated rings. The molecule has 0 aliphatic carbocycles. The molecule has 24 heavy (non-hydrogen) atoms. The number of carbonyl (C=O) groups excluding carboxylic acids is 3. The van der Waals surface area contributed by atoms with E-state index in [-0.39, 0.29) is 22.8 Å². The highest BCUT2D eigenvalue weighted by Gasteiger charge is 2.09. The van der Waals surface area contributed by atoms with E-state index in [9.17, 15) is 14.4 Å². The van der Waals surface area contributed by atoms with Crippen molar-refractivity contribution in [2.45, 2.75) is 33.6 Å². The van der Waals surface area contributed by atoms with Crippen LogP contribution in [0.1, 0.15) is 44.0 Å². The summed E-state index contributed by atoms with van der Waals surface area (Å²) in [6, 6.07) is 6.44. The van der Waals surface area contributed by atoms with Gasteiger partial charge in [-0.15, -0.1) is 0 Å². The van der Waals surface area contributed by atoms with E-state index < -0.39 is 5.91 Å². The van der Waals surface area contributed by atoms with Gasteiger partial charge in [0.05, 0.1) is 0 Å². The van der Waals surface area contributed by atoms with Gasteiger partial charge in [0.1, 0.15) is 0 Å². The van der Waals surface area contributed by atoms with Crippen molar-refractivity contribution in [1.29, 1.82) is 0 Å². The van der Waals surface area contributed by atoms with Gasteiger partial charge in [-0.2, -0.15) is 0 Å². The molecule has 3 amide bonds. The summed E-state index contributed by atoms with van der Waals surface area (Å²) in [6.07, 6.45) is 0.729. The zero-order chi connectivity index (χ0) is 18.1. The first-order valence-electron chi connectivity index (χ1n) is 7.62. The van der Waals surface area contributed by atoms with E-state index in [0.717, 1.165) is 0 Å². The summed E-state index contributed by atoms with van der Waals surface area (Å²) in [4.78, 5) is 34.8. The lowest BCUT2D eigenvalue weighted by Crippen LogP contribution is -2.48. The molecule has 1 rings (SSSR count). The molecule has 0 atom stereocenters. The van der Waals surface area contributed by atoms with Gasteiger partial charge < -0.3 is 10.6 Å². The number of rotatable bonds is 5. The quantitative estimate of drug-likeness (QED) is 0.479. The Kier molecular flexibility index (Phi) is 7.84. The summed E-state index contributed by atoms with van der Waals surface area (Å²) in [6.45, 7) is 5.62. The Labute approximate surface area is 146 Å². The first kappa shape index (κ1) is 19.6. The van der Waals surface area contributed by atoms with Crippen LogP contribution in [0.5, 0.6) is 0 Å². The van der Waals surface area contributed by atoms with E-state index >= 15 is 0 Å². The second kappa shape index (κ2) is 9.61. The third-order valence-corrected chi connectivity index (χ3v) is 3.09. The highest BCUT2D eigenvalue weighted by atomic mass is 32.1. The summed E-state index contributed by atoms with van der Waals surface area (Å²) in [7, 11) is 0. The molecule has 1 aromatic carbocycles. The number of hydrogen-bond donors (Lipinski definition) is 4. The standard InChI is InChI=1S/C16H22N4O3S/c1-4-13(21)18-16(24)20-19-15(23)11-5-7-12(8-6-11)17-14(22)9-10(2)3/h5-8,10H,4,9H2,1-3H3,(H,17,22)(H,19,23)(H2,18,20,21,24). The van der Waals surface area contributed by atoms with E-state index in [1.807, 2.05) is 13.8 Å². The molecule has 0 unspecified atom stereocenters. The van der Waals surface area contributed by atoms with Crippen LogP contribution in [0.2, 0.25) is 0 Å². The normalized spacial score (nSPS) is 10.0. The third kappa shape index (κ3) is 7.19.